The average molecular weight is 322 g/mol. The summed E-state index contributed by atoms with van der Waals surface area (Å²) in [4.78, 5) is 18.5. The topological polar surface area (TPSA) is 80.5 Å². The predicted octanol–water partition coefficient (Wildman–Crippen LogP) is 2.86. The monoisotopic (exact) mass is 322 g/mol. The molecule has 7 heteroatoms. The van der Waals surface area contributed by atoms with Crippen molar-refractivity contribution in [3.05, 3.63) is 5.89 Å². The van der Waals surface area contributed by atoms with Gasteiger partial charge < -0.3 is 14.2 Å². The van der Waals surface area contributed by atoms with Crippen LogP contribution in [0.25, 0.3) is 0 Å². The van der Waals surface area contributed by atoms with E-state index in [1.54, 1.807) is 0 Å². The third-order valence-corrected chi connectivity index (χ3v) is 4.79. The Morgan fingerprint density at radius 3 is 2.87 bits per heavy atom. The maximum Gasteiger partial charge on any atom is 0.414 e. The van der Waals surface area contributed by atoms with Gasteiger partial charge in [-0.25, -0.2) is 4.79 Å². The first-order valence-electron chi connectivity index (χ1n) is 8.61. The minimum absolute atomic E-state index is 0.199. The van der Waals surface area contributed by atoms with E-state index in [1.807, 2.05) is 0 Å². The van der Waals surface area contributed by atoms with E-state index >= 15 is 0 Å². The number of carbonyl (C=O) groups excluding carboxylic acids is 1. The number of nitrogens with zero attached hydrogens (tertiary/aromatic N) is 3. The van der Waals surface area contributed by atoms with Crippen LogP contribution < -0.4 is 5.32 Å². The van der Waals surface area contributed by atoms with Crippen LogP contribution in [0.3, 0.4) is 0 Å². The zero-order valence-corrected chi connectivity index (χ0v) is 14.0. The lowest BCUT2D eigenvalue weighted by atomic mass is 9.79. The maximum absolute atomic E-state index is 11.7. The molecular formula is C16H26N4O3. The molecule has 0 spiro atoms. The van der Waals surface area contributed by atoms with Crippen molar-refractivity contribution < 1.29 is 14.1 Å². The van der Waals surface area contributed by atoms with Gasteiger partial charge in [-0.3, -0.25) is 5.32 Å². The SMILES string of the molecule is CC(C)CCCOC(=O)Nc1noc(C2CN3CCC2CC3)n1. The molecule has 4 heterocycles. The summed E-state index contributed by atoms with van der Waals surface area (Å²) in [7, 11) is 0. The molecule has 0 aromatic carbocycles. The van der Waals surface area contributed by atoms with Crippen LogP contribution >= 0.6 is 0 Å². The molecule has 1 amide bonds. The van der Waals surface area contributed by atoms with E-state index in [9.17, 15) is 4.79 Å². The Morgan fingerprint density at radius 1 is 1.43 bits per heavy atom. The van der Waals surface area contributed by atoms with Crippen LogP contribution in [0, 0.1) is 11.8 Å². The summed E-state index contributed by atoms with van der Waals surface area (Å²) in [5.41, 5.74) is 0. The average Bonchev–Trinajstić information content (AvgIpc) is 3.01. The summed E-state index contributed by atoms with van der Waals surface area (Å²) in [6.07, 6.45) is 3.76. The van der Waals surface area contributed by atoms with Crippen molar-refractivity contribution in [2.24, 2.45) is 11.8 Å². The number of hydrogen-bond acceptors (Lipinski definition) is 6. The fraction of sp³-hybridized carbons (Fsp3) is 0.812. The number of ether oxygens (including phenoxy) is 1. The van der Waals surface area contributed by atoms with Gasteiger partial charge in [-0.05, 0) is 55.8 Å². The molecule has 1 atom stereocenters. The van der Waals surface area contributed by atoms with Crippen molar-refractivity contribution in [1.82, 2.24) is 15.0 Å². The van der Waals surface area contributed by atoms with Gasteiger partial charge in [-0.1, -0.05) is 13.8 Å². The van der Waals surface area contributed by atoms with E-state index in [-0.39, 0.29) is 5.95 Å². The van der Waals surface area contributed by atoms with E-state index < -0.39 is 6.09 Å². The number of anilines is 1. The van der Waals surface area contributed by atoms with E-state index in [1.165, 1.54) is 25.9 Å². The molecule has 0 aliphatic carbocycles. The van der Waals surface area contributed by atoms with Gasteiger partial charge in [0, 0.05) is 6.54 Å². The normalized spacial score (nSPS) is 26.5. The maximum atomic E-state index is 11.7. The summed E-state index contributed by atoms with van der Waals surface area (Å²) >= 11 is 0. The number of aromatic nitrogens is 2. The standard InChI is InChI=1S/C16H26N4O3/c1-11(2)4-3-9-22-16(21)18-15-17-14(23-19-15)13-10-20-7-5-12(13)6-8-20/h11-13H,3-10H2,1-2H3,(H,18,19,21). The molecule has 1 aromatic heterocycles. The molecule has 2 bridgehead atoms. The first-order chi connectivity index (χ1) is 11.1. The molecule has 1 N–H and O–H groups in total. The molecule has 3 aliphatic heterocycles. The molecule has 0 saturated carbocycles. The molecule has 128 valence electrons. The molecule has 3 saturated heterocycles. The third kappa shape index (κ3) is 4.22. The summed E-state index contributed by atoms with van der Waals surface area (Å²) in [6.45, 7) is 8.03. The minimum Gasteiger partial charge on any atom is -0.449 e. The smallest absolute Gasteiger partial charge is 0.414 e. The zero-order valence-electron chi connectivity index (χ0n) is 14.0. The largest absolute Gasteiger partial charge is 0.449 e. The number of carbonyl (C=O) groups is 1. The molecule has 3 fully saturated rings. The predicted molar refractivity (Wildman–Crippen MR) is 85.2 cm³/mol. The second-order valence-corrected chi connectivity index (χ2v) is 7.00. The lowest BCUT2D eigenvalue weighted by molar-refractivity contribution is 0.0727. The number of nitrogens with one attached hydrogen (secondary N) is 1. The third-order valence-electron chi connectivity index (χ3n) is 4.79. The summed E-state index contributed by atoms with van der Waals surface area (Å²) in [5, 5.41) is 6.40. The van der Waals surface area contributed by atoms with Crippen molar-refractivity contribution in [1.29, 1.82) is 0 Å². The lowest BCUT2D eigenvalue weighted by Gasteiger charge is -2.43. The molecule has 0 radical (unpaired) electrons. The van der Waals surface area contributed by atoms with Crippen molar-refractivity contribution in [2.45, 2.75) is 45.4 Å². The van der Waals surface area contributed by atoms with E-state index in [0.29, 0.717) is 30.3 Å². The van der Waals surface area contributed by atoms with Crippen LogP contribution in [-0.4, -0.2) is 47.4 Å². The highest BCUT2D eigenvalue weighted by atomic mass is 16.5. The number of hydrogen-bond donors (Lipinski definition) is 1. The zero-order chi connectivity index (χ0) is 16.2. The highest BCUT2D eigenvalue weighted by molar-refractivity contribution is 5.81. The van der Waals surface area contributed by atoms with Gasteiger partial charge in [-0.2, -0.15) is 4.98 Å². The quantitative estimate of drug-likeness (QED) is 0.811. The summed E-state index contributed by atoms with van der Waals surface area (Å²) in [5.74, 6) is 2.36. The molecule has 7 nitrogen and oxygen atoms in total. The number of amides is 1. The van der Waals surface area contributed by atoms with Gasteiger partial charge >= 0.3 is 6.09 Å². The Morgan fingerprint density at radius 2 is 2.22 bits per heavy atom. The lowest BCUT2D eigenvalue weighted by Crippen LogP contribution is -2.46. The van der Waals surface area contributed by atoms with Crippen LogP contribution in [0.1, 0.15) is 51.3 Å². The van der Waals surface area contributed by atoms with Gasteiger partial charge in [0.2, 0.25) is 5.89 Å². The second-order valence-electron chi connectivity index (χ2n) is 7.00. The first-order valence-corrected chi connectivity index (χ1v) is 8.61. The van der Waals surface area contributed by atoms with Crippen molar-refractivity contribution in [2.75, 3.05) is 31.6 Å². The fourth-order valence-corrected chi connectivity index (χ4v) is 3.47. The first kappa shape index (κ1) is 16.2. The number of fused-ring (bicyclic) bond motifs is 3. The van der Waals surface area contributed by atoms with E-state index in [4.69, 9.17) is 9.26 Å². The number of piperidine rings is 3. The Balaban J connectivity index is 1.47. The highest BCUT2D eigenvalue weighted by Gasteiger charge is 2.38. The summed E-state index contributed by atoms with van der Waals surface area (Å²) < 4.78 is 10.5. The van der Waals surface area contributed by atoms with Crippen LogP contribution in [-0.2, 0) is 4.74 Å². The van der Waals surface area contributed by atoms with Gasteiger partial charge in [0.1, 0.15) is 0 Å². The van der Waals surface area contributed by atoms with Gasteiger partial charge in [0.15, 0.2) is 0 Å². The minimum atomic E-state index is -0.518. The van der Waals surface area contributed by atoms with E-state index in [2.05, 4.69) is 34.2 Å². The Kier molecular flexibility index (Phi) is 5.15. The fourth-order valence-electron chi connectivity index (χ4n) is 3.47. The summed E-state index contributed by atoms with van der Waals surface area (Å²) in [6, 6.07) is 0. The Labute approximate surface area is 136 Å². The molecule has 23 heavy (non-hydrogen) atoms. The van der Waals surface area contributed by atoms with Crippen molar-refractivity contribution in [3.8, 4) is 0 Å². The van der Waals surface area contributed by atoms with E-state index in [0.717, 1.165) is 19.4 Å². The van der Waals surface area contributed by atoms with Gasteiger partial charge in [0.25, 0.3) is 5.95 Å². The van der Waals surface area contributed by atoms with Crippen molar-refractivity contribution in [3.63, 3.8) is 0 Å². The van der Waals surface area contributed by atoms with Crippen LogP contribution in [0.5, 0.6) is 0 Å². The second kappa shape index (κ2) is 7.29. The van der Waals surface area contributed by atoms with Crippen molar-refractivity contribution >= 4 is 12.0 Å². The van der Waals surface area contributed by atoms with Gasteiger partial charge in [0.05, 0.1) is 12.5 Å². The van der Waals surface area contributed by atoms with Crippen LogP contribution in [0.2, 0.25) is 0 Å². The van der Waals surface area contributed by atoms with Crippen LogP contribution in [0.4, 0.5) is 10.7 Å². The Hall–Kier alpha value is -1.63. The molecule has 1 unspecified atom stereocenters. The molecular weight excluding hydrogens is 296 g/mol. The van der Waals surface area contributed by atoms with Crippen LogP contribution in [0.15, 0.2) is 4.52 Å². The molecule has 3 aliphatic rings. The number of rotatable bonds is 6. The Bertz CT molecular complexity index is 523. The highest BCUT2D eigenvalue weighted by Crippen LogP contribution is 2.38. The van der Waals surface area contributed by atoms with Gasteiger partial charge in [-0.15, -0.1) is 0 Å². The molecule has 4 rings (SSSR count). The molecule has 1 aromatic rings.